The fourth-order valence-electron chi connectivity index (χ4n) is 2.78. The first-order valence-electron chi connectivity index (χ1n) is 7.86. The SMILES string of the molecule is CCSc1nn2cc(Br)cnc2c1-c1nc2cc(C(F)(F)F)cnc2n1C. The fraction of sp³-hybridized carbons (Fsp3) is 0.250. The molecule has 4 heterocycles. The van der Waals surface area contributed by atoms with Crippen molar-refractivity contribution < 1.29 is 13.2 Å². The Hall–Kier alpha value is -2.14. The predicted octanol–water partition coefficient (Wildman–Crippen LogP) is 4.57. The number of aromatic nitrogens is 6. The van der Waals surface area contributed by atoms with Gasteiger partial charge in [-0.3, -0.25) is 0 Å². The van der Waals surface area contributed by atoms with Crippen LogP contribution in [-0.4, -0.2) is 34.9 Å². The normalized spacial score (nSPS) is 12.4. The highest BCUT2D eigenvalue weighted by molar-refractivity contribution is 9.10. The summed E-state index contributed by atoms with van der Waals surface area (Å²) in [6.45, 7) is 1.99. The Morgan fingerprint density at radius 2 is 1.93 bits per heavy atom. The lowest BCUT2D eigenvalue weighted by Crippen LogP contribution is -2.05. The zero-order valence-corrected chi connectivity index (χ0v) is 16.5. The van der Waals surface area contributed by atoms with Crippen molar-refractivity contribution in [3.63, 3.8) is 0 Å². The van der Waals surface area contributed by atoms with Crippen LogP contribution < -0.4 is 0 Å². The van der Waals surface area contributed by atoms with Crippen LogP contribution in [-0.2, 0) is 13.2 Å². The quantitative estimate of drug-likeness (QED) is 0.422. The molecule has 0 aromatic carbocycles. The van der Waals surface area contributed by atoms with Crippen molar-refractivity contribution in [3.8, 4) is 11.4 Å². The summed E-state index contributed by atoms with van der Waals surface area (Å²) in [6, 6.07) is 1.01. The lowest BCUT2D eigenvalue weighted by molar-refractivity contribution is -0.137. The van der Waals surface area contributed by atoms with E-state index in [0.717, 1.165) is 22.5 Å². The Balaban J connectivity index is 1.99. The lowest BCUT2D eigenvalue weighted by Gasteiger charge is -2.05. The smallest absolute Gasteiger partial charge is 0.312 e. The molecule has 0 radical (unpaired) electrons. The molecule has 140 valence electrons. The highest BCUT2D eigenvalue weighted by atomic mass is 79.9. The summed E-state index contributed by atoms with van der Waals surface area (Å²) in [6.07, 6.45) is -0.237. The number of thioether (sulfide) groups is 1. The molecule has 0 aliphatic rings. The zero-order valence-electron chi connectivity index (χ0n) is 14.1. The first kappa shape index (κ1) is 18.2. The van der Waals surface area contributed by atoms with Crippen molar-refractivity contribution in [1.82, 2.24) is 29.1 Å². The van der Waals surface area contributed by atoms with E-state index in [4.69, 9.17) is 0 Å². The van der Waals surface area contributed by atoms with Crippen LogP contribution in [0, 0.1) is 0 Å². The third kappa shape index (κ3) is 3.08. The van der Waals surface area contributed by atoms with Gasteiger partial charge in [0.05, 0.1) is 15.6 Å². The molecular weight excluding hydrogens is 445 g/mol. The standard InChI is InChI=1S/C16H12BrF3N6S/c1-3-27-15-11(13-22-6-9(17)7-26(13)24-15)14-23-10-4-8(16(18,19)20)5-21-12(10)25(14)2/h4-7H,3H2,1-2H3. The second-order valence-corrected chi connectivity index (χ2v) is 7.88. The second kappa shape index (κ2) is 6.48. The number of imidazole rings is 1. The first-order valence-corrected chi connectivity index (χ1v) is 9.64. The van der Waals surface area contributed by atoms with Crippen molar-refractivity contribution in [2.24, 2.45) is 7.05 Å². The number of hydrogen-bond donors (Lipinski definition) is 0. The monoisotopic (exact) mass is 456 g/mol. The molecule has 4 aromatic rings. The predicted molar refractivity (Wildman–Crippen MR) is 99.6 cm³/mol. The van der Waals surface area contributed by atoms with Crippen molar-refractivity contribution in [2.75, 3.05) is 5.75 Å². The molecule has 0 aliphatic heterocycles. The topological polar surface area (TPSA) is 60.9 Å². The van der Waals surface area contributed by atoms with Crippen LogP contribution in [0.2, 0.25) is 0 Å². The number of alkyl halides is 3. The van der Waals surface area contributed by atoms with E-state index in [0.29, 0.717) is 27.7 Å². The Bertz CT molecular complexity index is 1170. The summed E-state index contributed by atoms with van der Waals surface area (Å²) in [4.78, 5) is 12.8. The molecule has 27 heavy (non-hydrogen) atoms. The Morgan fingerprint density at radius 3 is 2.63 bits per heavy atom. The lowest BCUT2D eigenvalue weighted by atomic mass is 10.2. The molecule has 0 amide bonds. The molecule has 6 nitrogen and oxygen atoms in total. The maximum Gasteiger partial charge on any atom is 0.417 e. The van der Waals surface area contributed by atoms with E-state index < -0.39 is 11.7 Å². The summed E-state index contributed by atoms with van der Waals surface area (Å²) in [7, 11) is 1.72. The first-order chi connectivity index (χ1) is 12.8. The molecule has 0 fully saturated rings. The molecule has 0 N–H and O–H groups in total. The van der Waals surface area contributed by atoms with Gasteiger partial charge in [-0.2, -0.15) is 18.3 Å². The average Bonchev–Trinajstić information content (AvgIpc) is 3.11. The van der Waals surface area contributed by atoms with E-state index >= 15 is 0 Å². The third-order valence-corrected chi connectivity index (χ3v) is 5.21. The maximum atomic E-state index is 13.0. The summed E-state index contributed by atoms with van der Waals surface area (Å²) in [5, 5.41) is 5.25. The molecule has 11 heteroatoms. The van der Waals surface area contributed by atoms with Gasteiger partial charge in [0.2, 0.25) is 0 Å². The molecular formula is C16H12BrF3N6S. The molecule has 4 rings (SSSR count). The van der Waals surface area contributed by atoms with Gasteiger partial charge in [0, 0.05) is 25.6 Å². The summed E-state index contributed by atoms with van der Waals surface area (Å²) in [5.74, 6) is 1.25. The van der Waals surface area contributed by atoms with Gasteiger partial charge in [-0.05, 0) is 27.7 Å². The maximum absolute atomic E-state index is 13.0. The number of hydrogen-bond acceptors (Lipinski definition) is 5. The van der Waals surface area contributed by atoms with Crippen LogP contribution in [0.15, 0.2) is 34.2 Å². The minimum atomic E-state index is -4.47. The summed E-state index contributed by atoms with van der Waals surface area (Å²) >= 11 is 4.88. The molecule has 0 unspecified atom stereocenters. The molecule has 0 bridgehead atoms. The average molecular weight is 457 g/mol. The Labute approximate surface area is 164 Å². The van der Waals surface area contributed by atoms with Crippen molar-refractivity contribution in [2.45, 2.75) is 18.1 Å². The van der Waals surface area contributed by atoms with Gasteiger partial charge in [0.15, 0.2) is 11.3 Å². The number of nitrogens with zero attached hydrogens (tertiary/aromatic N) is 6. The summed E-state index contributed by atoms with van der Waals surface area (Å²) in [5.41, 5.74) is 0.949. The highest BCUT2D eigenvalue weighted by Crippen LogP contribution is 2.36. The minimum absolute atomic E-state index is 0.172. The van der Waals surface area contributed by atoms with E-state index in [1.165, 1.54) is 11.8 Å². The minimum Gasteiger partial charge on any atom is -0.312 e. The molecule has 0 aliphatic carbocycles. The number of pyridine rings is 1. The van der Waals surface area contributed by atoms with E-state index in [9.17, 15) is 13.2 Å². The largest absolute Gasteiger partial charge is 0.417 e. The number of halogens is 4. The molecule has 0 spiro atoms. The van der Waals surface area contributed by atoms with Crippen molar-refractivity contribution >= 4 is 44.5 Å². The van der Waals surface area contributed by atoms with E-state index in [-0.39, 0.29) is 5.52 Å². The molecule has 0 saturated carbocycles. The van der Waals surface area contributed by atoms with Gasteiger partial charge in [0.1, 0.15) is 16.4 Å². The van der Waals surface area contributed by atoms with E-state index in [1.807, 2.05) is 6.92 Å². The van der Waals surface area contributed by atoms with Crippen LogP contribution in [0.1, 0.15) is 12.5 Å². The second-order valence-electron chi connectivity index (χ2n) is 5.71. The number of fused-ring (bicyclic) bond motifs is 2. The van der Waals surface area contributed by atoms with Gasteiger partial charge in [-0.15, -0.1) is 11.8 Å². The van der Waals surface area contributed by atoms with Gasteiger partial charge >= 0.3 is 6.18 Å². The van der Waals surface area contributed by atoms with Crippen LogP contribution in [0.4, 0.5) is 13.2 Å². The molecule has 4 aromatic heterocycles. The van der Waals surface area contributed by atoms with Crippen molar-refractivity contribution in [1.29, 1.82) is 0 Å². The number of rotatable bonds is 3. The van der Waals surface area contributed by atoms with Crippen LogP contribution in [0.3, 0.4) is 0 Å². The van der Waals surface area contributed by atoms with Gasteiger partial charge < -0.3 is 4.57 Å². The molecule has 0 saturated heterocycles. The van der Waals surface area contributed by atoms with Gasteiger partial charge in [-0.25, -0.2) is 19.5 Å². The third-order valence-electron chi connectivity index (χ3n) is 3.95. The van der Waals surface area contributed by atoms with Gasteiger partial charge in [0.25, 0.3) is 0 Å². The Kier molecular flexibility index (Phi) is 4.38. The highest BCUT2D eigenvalue weighted by Gasteiger charge is 2.32. The Morgan fingerprint density at radius 1 is 1.19 bits per heavy atom. The summed E-state index contributed by atoms with van der Waals surface area (Å²) < 4.78 is 43.1. The van der Waals surface area contributed by atoms with E-state index in [2.05, 4.69) is 36.0 Å². The van der Waals surface area contributed by atoms with Crippen LogP contribution in [0.25, 0.3) is 28.2 Å². The van der Waals surface area contributed by atoms with Crippen LogP contribution in [0.5, 0.6) is 0 Å². The van der Waals surface area contributed by atoms with Crippen molar-refractivity contribution in [3.05, 3.63) is 34.7 Å². The number of aryl methyl sites for hydroxylation is 1. The molecule has 0 atom stereocenters. The van der Waals surface area contributed by atoms with Crippen LogP contribution >= 0.6 is 27.7 Å². The zero-order chi connectivity index (χ0) is 19.3. The van der Waals surface area contributed by atoms with Gasteiger partial charge in [-0.1, -0.05) is 6.92 Å². The fourth-order valence-corrected chi connectivity index (χ4v) is 3.82. The van der Waals surface area contributed by atoms with E-state index in [1.54, 1.807) is 28.5 Å².